The Morgan fingerprint density at radius 2 is 1.80 bits per heavy atom. The van der Waals surface area contributed by atoms with E-state index in [1.807, 2.05) is 13.8 Å². The Labute approximate surface area is 63.6 Å². The largest absolute Gasteiger partial charge is 0.318 e. The van der Waals surface area contributed by atoms with E-state index >= 15 is 0 Å². The molecule has 0 aromatic rings. The van der Waals surface area contributed by atoms with Crippen LogP contribution in [0.25, 0.3) is 0 Å². The molecule has 1 aliphatic rings. The molecular formula is C7H19N3. The third kappa shape index (κ3) is 3.82. The molecule has 0 radical (unpaired) electrons. The number of hydrogen-bond acceptors (Lipinski definition) is 3. The van der Waals surface area contributed by atoms with Gasteiger partial charge in [-0.3, -0.25) is 4.90 Å². The molecule has 1 fully saturated rings. The molecule has 10 heavy (non-hydrogen) atoms. The van der Waals surface area contributed by atoms with Crippen molar-refractivity contribution < 1.29 is 0 Å². The molecule has 0 amide bonds. The average Bonchev–Trinajstić information content (AvgIpc) is 2.10. The van der Waals surface area contributed by atoms with Crippen LogP contribution in [0.4, 0.5) is 0 Å². The maximum absolute atomic E-state index is 5.40. The highest BCUT2D eigenvalue weighted by molar-refractivity contribution is 4.64. The van der Waals surface area contributed by atoms with Crippen molar-refractivity contribution in [2.45, 2.75) is 13.8 Å². The van der Waals surface area contributed by atoms with Crippen molar-refractivity contribution in [3.8, 4) is 0 Å². The molecule has 0 atom stereocenters. The standard InChI is InChI=1S/C5H13N3.C2H6/c6-5-8-3-1-7-2-4-8;1-2/h7H,1-6H2;1-2H3. The van der Waals surface area contributed by atoms with Gasteiger partial charge in [-0.25, -0.2) is 0 Å². The van der Waals surface area contributed by atoms with Gasteiger partial charge in [0, 0.05) is 32.8 Å². The Morgan fingerprint density at radius 3 is 2.10 bits per heavy atom. The molecule has 1 saturated heterocycles. The van der Waals surface area contributed by atoms with Gasteiger partial charge in [0.2, 0.25) is 0 Å². The first-order valence-electron chi connectivity index (χ1n) is 4.06. The number of piperazine rings is 1. The highest BCUT2D eigenvalue weighted by Gasteiger charge is 2.04. The minimum atomic E-state index is 0.710. The van der Waals surface area contributed by atoms with Crippen molar-refractivity contribution in [1.82, 2.24) is 10.2 Å². The van der Waals surface area contributed by atoms with Crippen molar-refractivity contribution in [3.63, 3.8) is 0 Å². The molecular weight excluding hydrogens is 126 g/mol. The lowest BCUT2D eigenvalue weighted by Crippen LogP contribution is -2.45. The molecule has 0 saturated carbocycles. The molecule has 0 spiro atoms. The van der Waals surface area contributed by atoms with Gasteiger partial charge in [0.15, 0.2) is 0 Å². The Balaban J connectivity index is 0.000000371. The van der Waals surface area contributed by atoms with E-state index in [2.05, 4.69) is 10.2 Å². The lowest BCUT2D eigenvalue weighted by atomic mass is 10.4. The van der Waals surface area contributed by atoms with Gasteiger partial charge in [-0.1, -0.05) is 13.8 Å². The normalized spacial score (nSPS) is 19.5. The van der Waals surface area contributed by atoms with E-state index in [9.17, 15) is 0 Å². The zero-order valence-electron chi connectivity index (χ0n) is 7.06. The summed E-state index contributed by atoms with van der Waals surface area (Å²) in [6, 6.07) is 0. The van der Waals surface area contributed by atoms with Crippen molar-refractivity contribution in [2.24, 2.45) is 5.73 Å². The van der Waals surface area contributed by atoms with Gasteiger partial charge in [0.1, 0.15) is 0 Å². The van der Waals surface area contributed by atoms with Crippen LogP contribution >= 0.6 is 0 Å². The van der Waals surface area contributed by atoms with Crippen LogP contribution in [0.5, 0.6) is 0 Å². The summed E-state index contributed by atoms with van der Waals surface area (Å²) in [7, 11) is 0. The molecule has 1 heterocycles. The number of nitrogens with two attached hydrogens (primary N) is 1. The van der Waals surface area contributed by atoms with Crippen molar-refractivity contribution in [1.29, 1.82) is 0 Å². The maximum Gasteiger partial charge on any atom is 0.0456 e. The minimum Gasteiger partial charge on any atom is -0.318 e. The third-order valence-electron chi connectivity index (χ3n) is 1.47. The van der Waals surface area contributed by atoms with Gasteiger partial charge in [0.05, 0.1) is 0 Å². The van der Waals surface area contributed by atoms with Gasteiger partial charge < -0.3 is 11.1 Å². The lowest BCUT2D eigenvalue weighted by molar-refractivity contribution is 0.247. The fourth-order valence-corrected chi connectivity index (χ4v) is 0.894. The molecule has 62 valence electrons. The quantitative estimate of drug-likeness (QED) is 0.538. The third-order valence-corrected chi connectivity index (χ3v) is 1.47. The average molecular weight is 145 g/mol. The van der Waals surface area contributed by atoms with Crippen LogP contribution in [0.2, 0.25) is 0 Å². The summed E-state index contributed by atoms with van der Waals surface area (Å²) in [4.78, 5) is 2.23. The van der Waals surface area contributed by atoms with Gasteiger partial charge in [0.25, 0.3) is 0 Å². The highest BCUT2D eigenvalue weighted by Crippen LogP contribution is 1.85. The molecule has 3 heteroatoms. The molecule has 3 nitrogen and oxygen atoms in total. The predicted molar refractivity (Wildman–Crippen MR) is 44.8 cm³/mol. The topological polar surface area (TPSA) is 41.3 Å². The summed E-state index contributed by atoms with van der Waals surface area (Å²) in [5.74, 6) is 0. The van der Waals surface area contributed by atoms with E-state index < -0.39 is 0 Å². The maximum atomic E-state index is 5.40. The summed E-state index contributed by atoms with van der Waals surface area (Å²) in [5.41, 5.74) is 5.40. The zero-order valence-corrected chi connectivity index (χ0v) is 7.06. The smallest absolute Gasteiger partial charge is 0.0456 e. The molecule has 1 rings (SSSR count). The molecule has 0 unspecified atom stereocenters. The van der Waals surface area contributed by atoms with Crippen LogP contribution in [-0.4, -0.2) is 37.7 Å². The van der Waals surface area contributed by atoms with E-state index in [0.29, 0.717) is 6.67 Å². The van der Waals surface area contributed by atoms with E-state index in [-0.39, 0.29) is 0 Å². The van der Waals surface area contributed by atoms with Crippen LogP contribution in [0.3, 0.4) is 0 Å². The number of rotatable bonds is 1. The fraction of sp³-hybridized carbons (Fsp3) is 1.00. The first-order chi connectivity index (χ1) is 4.93. The Morgan fingerprint density at radius 1 is 1.30 bits per heavy atom. The predicted octanol–water partition coefficient (Wildman–Crippen LogP) is -0.166. The fourth-order valence-electron chi connectivity index (χ4n) is 0.894. The number of nitrogens with zero attached hydrogens (tertiary/aromatic N) is 1. The Hall–Kier alpha value is -0.120. The monoisotopic (exact) mass is 145 g/mol. The first-order valence-corrected chi connectivity index (χ1v) is 4.06. The zero-order chi connectivity index (χ0) is 7.82. The summed E-state index contributed by atoms with van der Waals surface area (Å²) in [6.45, 7) is 9.11. The molecule has 0 bridgehead atoms. The summed E-state index contributed by atoms with van der Waals surface area (Å²) >= 11 is 0. The van der Waals surface area contributed by atoms with Crippen LogP contribution in [0.1, 0.15) is 13.8 Å². The summed E-state index contributed by atoms with van der Waals surface area (Å²) < 4.78 is 0. The van der Waals surface area contributed by atoms with Crippen molar-refractivity contribution >= 4 is 0 Å². The molecule has 0 aromatic heterocycles. The van der Waals surface area contributed by atoms with E-state index in [1.54, 1.807) is 0 Å². The van der Waals surface area contributed by atoms with E-state index in [0.717, 1.165) is 26.2 Å². The van der Waals surface area contributed by atoms with Crippen molar-refractivity contribution in [3.05, 3.63) is 0 Å². The number of hydrogen-bond donors (Lipinski definition) is 2. The number of nitrogens with one attached hydrogen (secondary N) is 1. The summed E-state index contributed by atoms with van der Waals surface area (Å²) in [6.07, 6.45) is 0. The van der Waals surface area contributed by atoms with Gasteiger partial charge in [-0.05, 0) is 0 Å². The SMILES string of the molecule is CC.NCN1CCNCC1. The Bertz CT molecular complexity index is 59.9. The minimum absolute atomic E-state index is 0.710. The lowest BCUT2D eigenvalue weighted by Gasteiger charge is -2.24. The van der Waals surface area contributed by atoms with Crippen LogP contribution < -0.4 is 11.1 Å². The second kappa shape index (κ2) is 6.99. The molecule has 0 aliphatic carbocycles. The molecule has 3 N–H and O–H groups in total. The van der Waals surface area contributed by atoms with Gasteiger partial charge in [-0.2, -0.15) is 0 Å². The van der Waals surface area contributed by atoms with Crippen LogP contribution in [0, 0.1) is 0 Å². The van der Waals surface area contributed by atoms with E-state index in [1.165, 1.54) is 0 Å². The van der Waals surface area contributed by atoms with Crippen LogP contribution in [0.15, 0.2) is 0 Å². The Kier molecular flexibility index (Phi) is 6.91. The molecule has 1 aliphatic heterocycles. The molecule has 0 aromatic carbocycles. The first kappa shape index (κ1) is 9.88. The van der Waals surface area contributed by atoms with Gasteiger partial charge in [-0.15, -0.1) is 0 Å². The van der Waals surface area contributed by atoms with Gasteiger partial charge >= 0.3 is 0 Å². The highest BCUT2D eigenvalue weighted by atomic mass is 15.2. The second-order valence-electron chi connectivity index (χ2n) is 2.05. The summed E-state index contributed by atoms with van der Waals surface area (Å²) in [5, 5.41) is 3.25. The van der Waals surface area contributed by atoms with E-state index in [4.69, 9.17) is 5.73 Å². The van der Waals surface area contributed by atoms with Crippen molar-refractivity contribution in [2.75, 3.05) is 32.8 Å². The van der Waals surface area contributed by atoms with Crippen LogP contribution in [-0.2, 0) is 0 Å². The second-order valence-corrected chi connectivity index (χ2v) is 2.05.